The Morgan fingerprint density at radius 1 is 1.41 bits per heavy atom. The Morgan fingerprint density at radius 3 is 2.88 bits per heavy atom. The average molecular weight is 235 g/mol. The first kappa shape index (κ1) is 12.6. The number of rotatable bonds is 4. The van der Waals surface area contributed by atoms with Crippen LogP contribution in [0.2, 0.25) is 0 Å². The zero-order valence-corrected chi connectivity index (χ0v) is 11.3. The Labute approximate surface area is 105 Å². The summed E-state index contributed by atoms with van der Waals surface area (Å²) in [6.07, 6.45) is 9.27. The van der Waals surface area contributed by atoms with Gasteiger partial charge in [0.1, 0.15) is 0 Å². The molecule has 96 valence electrons. The fraction of sp³-hybridized carbons (Fsp3) is 0.786. The van der Waals surface area contributed by atoms with E-state index in [2.05, 4.69) is 30.5 Å². The lowest BCUT2D eigenvalue weighted by Gasteiger charge is -2.33. The van der Waals surface area contributed by atoms with E-state index in [1.165, 1.54) is 24.8 Å². The SMILES string of the molecule is CC1CCC(NCCc2cnn(C)c2)C(C)C1. The third-order valence-electron chi connectivity index (χ3n) is 4.01. The van der Waals surface area contributed by atoms with E-state index in [0.29, 0.717) is 0 Å². The average Bonchev–Trinajstić information content (AvgIpc) is 2.68. The Bertz CT molecular complexity index is 345. The van der Waals surface area contributed by atoms with Gasteiger partial charge in [-0.25, -0.2) is 0 Å². The summed E-state index contributed by atoms with van der Waals surface area (Å²) >= 11 is 0. The number of nitrogens with one attached hydrogen (secondary N) is 1. The molecule has 0 aromatic carbocycles. The van der Waals surface area contributed by atoms with E-state index in [1.54, 1.807) is 0 Å². The molecule has 1 fully saturated rings. The molecule has 0 radical (unpaired) electrons. The number of nitrogens with zero attached hydrogens (tertiary/aromatic N) is 2. The van der Waals surface area contributed by atoms with Crippen molar-refractivity contribution in [3.63, 3.8) is 0 Å². The third-order valence-corrected chi connectivity index (χ3v) is 4.01. The molecule has 0 bridgehead atoms. The number of aryl methyl sites for hydroxylation is 1. The Balaban J connectivity index is 1.71. The molecule has 1 saturated carbocycles. The van der Waals surface area contributed by atoms with E-state index in [4.69, 9.17) is 0 Å². The molecule has 3 nitrogen and oxygen atoms in total. The van der Waals surface area contributed by atoms with Gasteiger partial charge in [0.2, 0.25) is 0 Å². The minimum absolute atomic E-state index is 0.725. The zero-order chi connectivity index (χ0) is 12.3. The lowest BCUT2D eigenvalue weighted by atomic mass is 9.80. The summed E-state index contributed by atoms with van der Waals surface area (Å²) in [5.74, 6) is 1.74. The molecule has 1 heterocycles. The minimum atomic E-state index is 0.725. The quantitative estimate of drug-likeness (QED) is 0.868. The Morgan fingerprint density at radius 2 is 2.24 bits per heavy atom. The second-order valence-corrected chi connectivity index (χ2v) is 5.73. The minimum Gasteiger partial charge on any atom is -0.313 e. The smallest absolute Gasteiger partial charge is 0.0522 e. The second kappa shape index (κ2) is 5.67. The molecule has 0 aliphatic heterocycles. The van der Waals surface area contributed by atoms with Gasteiger partial charge in [-0.1, -0.05) is 13.8 Å². The van der Waals surface area contributed by atoms with Gasteiger partial charge >= 0.3 is 0 Å². The maximum atomic E-state index is 4.20. The zero-order valence-electron chi connectivity index (χ0n) is 11.3. The largest absolute Gasteiger partial charge is 0.313 e. The van der Waals surface area contributed by atoms with Gasteiger partial charge < -0.3 is 5.32 Å². The van der Waals surface area contributed by atoms with E-state index in [9.17, 15) is 0 Å². The molecule has 1 aliphatic carbocycles. The molecule has 3 atom stereocenters. The Kier molecular flexibility index (Phi) is 4.21. The molecule has 0 amide bonds. The predicted molar refractivity (Wildman–Crippen MR) is 70.9 cm³/mol. The topological polar surface area (TPSA) is 29.9 Å². The van der Waals surface area contributed by atoms with Crippen LogP contribution >= 0.6 is 0 Å². The van der Waals surface area contributed by atoms with Crippen molar-refractivity contribution in [2.45, 2.75) is 45.6 Å². The summed E-state index contributed by atoms with van der Waals surface area (Å²) in [5.41, 5.74) is 1.33. The van der Waals surface area contributed by atoms with E-state index < -0.39 is 0 Å². The van der Waals surface area contributed by atoms with Gasteiger partial charge in [0.15, 0.2) is 0 Å². The first-order chi connectivity index (χ1) is 8.15. The number of aromatic nitrogens is 2. The maximum Gasteiger partial charge on any atom is 0.0522 e. The molecule has 17 heavy (non-hydrogen) atoms. The van der Waals surface area contributed by atoms with Gasteiger partial charge in [-0.2, -0.15) is 5.10 Å². The Hall–Kier alpha value is -0.830. The lowest BCUT2D eigenvalue weighted by Crippen LogP contribution is -2.39. The van der Waals surface area contributed by atoms with Gasteiger partial charge in [-0.05, 0) is 49.6 Å². The van der Waals surface area contributed by atoms with Crippen LogP contribution in [0.3, 0.4) is 0 Å². The molecule has 0 saturated heterocycles. The maximum absolute atomic E-state index is 4.20. The fourth-order valence-electron chi connectivity index (χ4n) is 2.97. The molecule has 2 rings (SSSR count). The molecule has 1 aromatic rings. The second-order valence-electron chi connectivity index (χ2n) is 5.73. The van der Waals surface area contributed by atoms with Crippen molar-refractivity contribution < 1.29 is 0 Å². The van der Waals surface area contributed by atoms with Gasteiger partial charge in [0, 0.05) is 19.3 Å². The molecular weight excluding hydrogens is 210 g/mol. The first-order valence-electron chi connectivity index (χ1n) is 6.86. The van der Waals surface area contributed by atoms with Crippen LogP contribution in [-0.4, -0.2) is 22.4 Å². The van der Waals surface area contributed by atoms with Crippen LogP contribution in [-0.2, 0) is 13.5 Å². The molecule has 1 aromatic heterocycles. The highest BCUT2D eigenvalue weighted by molar-refractivity contribution is 5.04. The van der Waals surface area contributed by atoms with Crippen molar-refractivity contribution in [1.29, 1.82) is 0 Å². The highest BCUT2D eigenvalue weighted by Crippen LogP contribution is 2.28. The van der Waals surface area contributed by atoms with Crippen molar-refractivity contribution in [3.8, 4) is 0 Å². The predicted octanol–water partition coefficient (Wildman–Crippen LogP) is 2.38. The van der Waals surface area contributed by atoms with Crippen LogP contribution in [0.15, 0.2) is 12.4 Å². The van der Waals surface area contributed by atoms with Crippen LogP contribution < -0.4 is 5.32 Å². The summed E-state index contributed by atoms with van der Waals surface area (Å²) in [6, 6.07) is 0.725. The van der Waals surface area contributed by atoms with Gasteiger partial charge in [0.25, 0.3) is 0 Å². The molecule has 1 N–H and O–H groups in total. The van der Waals surface area contributed by atoms with Gasteiger partial charge in [0.05, 0.1) is 6.20 Å². The van der Waals surface area contributed by atoms with Crippen LogP contribution in [0.1, 0.15) is 38.7 Å². The molecule has 3 unspecified atom stereocenters. The van der Waals surface area contributed by atoms with E-state index in [1.807, 2.05) is 17.9 Å². The van der Waals surface area contributed by atoms with Crippen molar-refractivity contribution in [2.24, 2.45) is 18.9 Å². The van der Waals surface area contributed by atoms with Crippen LogP contribution in [0.5, 0.6) is 0 Å². The number of hydrogen-bond acceptors (Lipinski definition) is 2. The summed E-state index contributed by atoms with van der Waals surface area (Å²) in [4.78, 5) is 0. The fourth-order valence-corrected chi connectivity index (χ4v) is 2.97. The van der Waals surface area contributed by atoms with Crippen molar-refractivity contribution >= 4 is 0 Å². The highest BCUT2D eigenvalue weighted by Gasteiger charge is 2.24. The number of hydrogen-bond donors (Lipinski definition) is 1. The summed E-state index contributed by atoms with van der Waals surface area (Å²) in [5, 5.41) is 7.91. The molecule has 1 aliphatic rings. The van der Waals surface area contributed by atoms with Crippen LogP contribution in [0, 0.1) is 11.8 Å². The van der Waals surface area contributed by atoms with Crippen LogP contribution in [0.4, 0.5) is 0 Å². The van der Waals surface area contributed by atoms with E-state index in [0.717, 1.165) is 30.8 Å². The van der Waals surface area contributed by atoms with Crippen molar-refractivity contribution in [1.82, 2.24) is 15.1 Å². The third kappa shape index (κ3) is 3.56. The first-order valence-corrected chi connectivity index (χ1v) is 6.86. The summed E-state index contributed by atoms with van der Waals surface area (Å²) in [6.45, 7) is 5.84. The van der Waals surface area contributed by atoms with Crippen LogP contribution in [0.25, 0.3) is 0 Å². The molecule has 0 spiro atoms. The molecular formula is C14H25N3. The van der Waals surface area contributed by atoms with Crippen molar-refractivity contribution in [3.05, 3.63) is 18.0 Å². The molecule has 3 heteroatoms. The standard InChI is InChI=1S/C14H25N3/c1-11-4-5-14(12(2)8-11)15-7-6-13-9-16-17(3)10-13/h9-12,14-15H,4-8H2,1-3H3. The normalized spacial score (nSPS) is 29.5. The summed E-state index contributed by atoms with van der Waals surface area (Å²) in [7, 11) is 1.97. The van der Waals surface area contributed by atoms with Gasteiger partial charge in [-0.3, -0.25) is 4.68 Å². The monoisotopic (exact) mass is 235 g/mol. The van der Waals surface area contributed by atoms with E-state index in [-0.39, 0.29) is 0 Å². The lowest BCUT2D eigenvalue weighted by molar-refractivity contribution is 0.229. The van der Waals surface area contributed by atoms with Crippen molar-refractivity contribution in [2.75, 3.05) is 6.54 Å². The summed E-state index contributed by atoms with van der Waals surface area (Å²) < 4.78 is 1.88. The van der Waals surface area contributed by atoms with Gasteiger partial charge in [-0.15, -0.1) is 0 Å². The highest BCUT2D eigenvalue weighted by atomic mass is 15.2. The van der Waals surface area contributed by atoms with E-state index >= 15 is 0 Å².